The van der Waals surface area contributed by atoms with Crippen LogP contribution in [-0.4, -0.2) is 67.1 Å². The Bertz CT molecular complexity index is 378. The zero-order valence-corrected chi connectivity index (χ0v) is 13.1. The van der Waals surface area contributed by atoms with Crippen LogP contribution in [0.3, 0.4) is 0 Å². The van der Waals surface area contributed by atoms with Crippen LogP contribution in [0.1, 0.15) is 19.8 Å². The molecule has 0 aromatic carbocycles. The van der Waals surface area contributed by atoms with Gasteiger partial charge in [0, 0.05) is 58.3 Å². The van der Waals surface area contributed by atoms with E-state index in [1.54, 1.807) is 0 Å². The number of nitrogens with one attached hydrogen (secondary N) is 1. The van der Waals surface area contributed by atoms with Crippen LogP contribution >= 0.6 is 0 Å². The third-order valence-corrected chi connectivity index (χ3v) is 3.65. The molecule has 120 valence electrons. The summed E-state index contributed by atoms with van der Waals surface area (Å²) >= 11 is 0. The Morgan fingerprint density at radius 1 is 1.29 bits per heavy atom. The fourth-order valence-electron chi connectivity index (χ4n) is 2.46. The van der Waals surface area contributed by atoms with Crippen molar-refractivity contribution in [2.45, 2.75) is 26.3 Å². The van der Waals surface area contributed by atoms with Crippen molar-refractivity contribution in [3.05, 3.63) is 12.4 Å². The quantitative estimate of drug-likeness (QED) is 0.662. The summed E-state index contributed by atoms with van der Waals surface area (Å²) in [5, 5.41) is 3.38. The molecule has 2 rings (SSSR count). The van der Waals surface area contributed by atoms with Crippen LogP contribution in [0.15, 0.2) is 12.4 Å². The summed E-state index contributed by atoms with van der Waals surface area (Å²) in [5.41, 5.74) is 0. The number of ether oxygens (including phenoxy) is 2. The number of rotatable bonds is 10. The van der Waals surface area contributed by atoms with Crippen LogP contribution < -0.4 is 5.32 Å². The van der Waals surface area contributed by atoms with Crippen LogP contribution in [0.25, 0.3) is 0 Å². The van der Waals surface area contributed by atoms with E-state index in [2.05, 4.69) is 19.8 Å². The number of aryl methyl sites for hydroxylation is 1. The Hall–Kier alpha value is -1.11. The highest BCUT2D eigenvalue weighted by Crippen LogP contribution is 2.07. The van der Waals surface area contributed by atoms with Gasteiger partial charge in [-0.25, -0.2) is 4.98 Å². The van der Waals surface area contributed by atoms with E-state index in [0.29, 0.717) is 0 Å². The lowest BCUT2D eigenvalue weighted by Crippen LogP contribution is -2.37. The predicted octanol–water partition coefficient (Wildman–Crippen LogP) is 1.44. The van der Waals surface area contributed by atoms with Gasteiger partial charge in [0.1, 0.15) is 0 Å². The number of morpholine rings is 1. The Balaban J connectivity index is 1.62. The molecule has 0 spiro atoms. The molecule has 0 aliphatic carbocycles. The molecule has 1 saturated heterocycles. The summed E-state index contributed by atoms with van der Waals surface area (Å²) in [5.74, 6) is 0.966. The number of hydrogen-bond acceptors (Lipinski definition) is 5. The first-order valence-electron chi connectivity index (χ1n) is 8.03. The largest absolute Gasteiger partial charge is 0.382 e. The van der Waals surface area contributed by atoms with E-state index in [9.17, 15) is 0 Å². The van der Waals surface area contributed by atoms with E-state index in [-0.39, 0.29) is 0 Å². The molecule has 0 amide bonds. The Morgan fingerprint density at radius 3 is 2.95 bits per heavy atom. The van der Waals surface area contributed by atoms with Gasteiger partial charge in [-0.15, -0.1) is 0 Å². The first-order valence-corrected chi connectivity index (χ1v) is 8.03. The second kappa shape index (κ2) is 9.76. The molecule has 0 atom stereocenters. The Morgan fingerprint density at radius 2 is 2.14 bits per heavy atom. The van der Waals surface area contributed by atoms with Gasteiger partial charge in [0.25, 0.3) is 0 Å². The maximum atomic E-state index is 5.37. The summed E-state index contributed by atoms with van der Waals surface area (Å²) in [4.78, 5) is 6.84. The summed E-state index contributed by atoms with van der Waals surface area (Å²) < 4.78 is 12.9. The zero-order valence-electron chi connectivity index (χ0n) is 13.1. The van der Waals surface area contributed by atoms with Gasteiger partial charge in [0.15, 0.2) is 0 Å². The molecule has 1 aromatic rings. The molecule has 6 heteroatoms. The van der Waals surface area contributed by atoms with Crippen molar-refractivity contribution in [3.63, 3.8) is 0 Å². The number of aromatic nitrogens is 2. The first-order chi connectivity index (χ1) is 10.4. The number of anilines is 1. The van der Waals surface area contributed by atoms with E-state index in [1.165, 1.54) is 0 Å². The van der Waals surface area contributed by atoms with E-state index in [0.717, 1.165) is 77.9 Å². The smallest absolute Gasteiger partial charge is 0.202 e. The van der Waals surface area contributed by atoms with Crippen molar-refractivity contribution in [1.29, 1.82) is 0 Å². The molecule has 1 fully saturated rings. The van der Waals surface area contributed by atoms with Crippen LogP contribution in [0.2, 0.25) is 0 Å². The number of hydrogen-bond donors (Lipinski definition) is 1. The van der Waals surface area contributed by atoms with Gasteiger partial charge in [-0.1, -0.05) is 0 Å². The standard InChI is InChI=1S/C15H28N4O2/c1-2-20-12-3-5-16-15-17-6-9-19(15)8-4-7-18-10-13-21-14-11-18/h6,9H,2-5,7-8,10-14H2,1H3,(H,16,17). The van der Waals surface area contributed by atoms with Crippen molar-refractivity contribution >= 4 is 5.95 Å². The fourth-order valence-corrected chi connectivity index (χ4v) is 2.46. The van der Waals surface area contributed by atoms with Crippen LogP contribution in [0.4, 0.5) is 5.95 Å². The maximum absolute atomic E-state index is 5.37. The van der Waals surface area contributed by atoms with Crippen molar-refractivity contribution < 1.29 is 9.47 Å². The lowest BCUT2D eigenvalue weighted by atomic mass is 10.3. The van der Waals surface area contributed by atoms with Crippen LogP contribution in [0, 0.1) is 0 Å². The average molecular weight is 296 g/mol. The van der Waals surface area contributed by atoms with Gasteiger partial charge in [-0.3, -0.25) is 4.90 Å². The summed E-state index contributed by atoms with van der Waals surface area (Å²) in [7, 11) is 0. The van der Waals surface area contributed by atoms with E-state index in [4.69, 9.17) is 9.47 Å². The van der Waals surface area contributed by atoms with Crippen LogP contribution in [0.5, 0.6) is 0 Å². The van der Waals surface area contributed by atoms with E-state index >= 15 is 0 Å². The van der Waals surface area contributed by atoms with Crippen LogP contribution in [-0.2, 0) is 16.0 Å². The number of nitrogens with zero attached hydrogens (tertiary/aromatic N) is 3. The molecule has 1 aliphatic heterocycles. The second-order valence-corrected chi connectivity index (χ2v) is 5.23. The molecule has 21 heavy (non-hydrogen) atoms. The minimum absolute atomic E-state index is 0.788. The highest BCUT2D eigenvalue weighted by molar-refractivity contribution is 5.25. The second-order valence-electron chi connectivity index (χ2n) is 5.23. The van der Waals surface area contributed by atoms with E-state index in [1.807, 2.05) is 19.3 Å². The Kier molecular flexibility index (Phi) is 7.56. The first kappa shape index (κ1) is 16.3. The summed E-state index contributed by atoms with van der Waals surface area (Å²) in [6.45, 7) is 10.5. The zero-order chi connectivity index (χ0) is 14.8. The Labute approximate surface area is 127 Å². The van der Waals surface area contributed by atoms with Crippen molar-refractivity contribution in [2.24, 2.45) is 0 Å². The predicted molar refractivity (Wildman–Crippen MR) is 83.7 cm³/mol. The molecular formula is C15H28N4O2. The van der Waals surface area contributed by atoms with Gasteiger partial charge in [0.05, 0.1) is 13.2 Å². The molecular weight excluding hydrogens is 268 g/mol. The molecule has 1 N–H and O–H groups in total. The minimum atomic E-state index is 0.788. The SMILES string of the molecule is CCOCCCNc1nccn1CCCN1CCOCC1. The van der Waals surface area contributed by atoms with Gasteiger partial charge < -0.3 is 19.4 Å². The van der Waals surface area contributed by atoms with Gasteiger partial charge in [-0.2, -0.15) is 0 Å². The van der Waals surface area contributed by atoms with E-state index < -0.39 is 0 Å². The monoisotopic (exact) mass is 296 g/mol. The third kappa shape index (κ3) is 6.03. The van der Waals surface area contributed by atoms with Gasteiger partial charge in [-0.05, 0) is 19.8 Å². The topological polar surface area (TPSA) is 51.5 Å². The minimum Gasteiger partial charge on any atom is -0.382 e. The lowest BCUT2D eigenvalue weighted by Gasteiger charge is -2.26. The average Bonchev–Trinajstić information content (AvgIpc) is 2.96. The summed E-state index contributed by atoms with van der Waals surface area (Å²) in [6, 6.07) is 0. The number of imidazole rings is 1. The van der Waals surface area contributed by atoms with Gasteiger partial charge >= 0.3 is 0 Å². The third-order valence-electron chi connectivity index (χ3n) is 3.65. The molecule has 2 heterocycles. The van der Waals surface area contributed by atoms with Crippen molar-refractivity contribution in [1.82, 2.24) is 14.5 Å². The summed E-state index contributed by atoms with van der Waals surface area (Å²) in [6.07, 6.45) is 6.06. The normalized spacial score (nSPS) is 16.2. The van der Waals surface area contributed by atoms with Gasteiger partial charge in [0.2, 0.25) is 5.95 Å². The molecule has 0 saturated carbocycles. The molecule has 1 aromatic heterocycles. The van der Waals surface area contributed by atoms with Crippen molar-refractivity contribution in [2.75, 3.05) is 57.9 Å². The van der Waals surface area contributed by atoms with Crippen molar-refractivity contribution in [3.8, 4) is 0 Å². The molecule has 0 bridgehead atoms. The molecule has 6 nitrogen and oxygen atoms in total. The molecule has 1 aliphatic rings. The fraction of sp³-hybridized carbons (Fsp3) is 0.800. The highest BCUT2D eigenvalue weighted by atomic mass is 16.5. The maximum Gasteiger partial charge on any atom is 0.202 e. The lowest BCUT2D eigenvalue weighted by molar-refractivity contribution is 0.0369. The highest BCUT2D eigenvalue weighted by Gasteiger charge is 2.10. The molecule has 0 radical (unpaired) electrons. The molecule has 0 unspecified atom stereocenters.